The zero-order valence-electron chi connectivity index (χ0n) is 15.1. The van der Waals surface area contributed by atoms with Gasteiger partial charge in [0.15, 0.2) is 0 Å². The van der Waals surface area contributed by atoms with Gasteiger partial charge in [-0.1, -0.05) is 36.8 Å². The number of rotatable bonds is 6. The minimum Gasteiger partial charge on any atom is -0.490 e. The van der Waals surface area contributed by atoms with Crippen molar-refractivity contribution < 1.29 is 19.4 Å². The summed E-state index contributed by atoms with van der Waals surface area (Å²) in [5, 5.41) is 11.8. The van der Waals surface area contributed by atoms with Crippen molar-refractivity contribution in [3.05, 3.63) is 71.4 Å². The lowest BCUT2D eigenvalue weighted by Gasteiger charge is -2.23. The van der Waals surface area contributed by atoms with Crippen molar-refractivity contribution in [2.75, 3.05) is 0 Å². The summed E-state index contributed by atoms with van der Waals surface area (Å²) < 4.78 is 5.98. The molecule has 0 saturated heterocycles. The van der Waals surface area contributed by atoms with E-state index in [2.05, 4.69) is 5.32 Å². The fraction of sp³-hybridized carbons (Fsp3) is 0.273. The molecule has 3 rings (SSSR count). The van der Waals surface area contributed by atoms with E-state index in [1.165, 1.54) is 25.3 Å². The molecule has 0 bridgehead atoms. The first kappa shape index (κ1) is 18.7. The SMILES string of the molecule is O=C(O)/C(=C/c1ccc(OC2CCCCC2)cc1)NC(=O)c1ccccc1. The molecular formula is C22H23NO4. The highest BCUT2D eigenvalue weighted by atomic mass is 16.5. The van der Waals surface area contributed by atoms with Gasteiger partial charge in [-0.15, -0.1) is 0 Å². The van der Waals surface area contributed by atoms with Gasteiger partial charge in [0.1, 0.15) is 11.4 Å². The number of amides is 1. The fourth-order valence-electron chi connectivity index (χ4n) is 3.12. The molecular weight excluding hydrogens is 342 g/mol. The lowest BCUT2D eigenvalue weighted by Crippen LogP contribution is -2.27. The number of carboxylic acids is 1. The summed E-state index contributed by atoms with van der Waals surface area (Å²) in [5.41, 5.74) is 0.905. The zero-order chi connectivity index (χ0) is 19.1. The molecule has 0 spiro atoms. The minimum atomic E-state index is -1.19. The highest BCUT2D eigenvalue weighted by Gasteiger charge is 2.15. The van der Waals surface area contributed by atoms with E-state index in [1.807, 2.05) is 12.1 Å². The molecule has 2 aromatic carbocycles. The lowest BCUT2D eigenvalue weighted by molar-refractivity contribution is -0.132. The van der Waals surface area contributed by atoms with Crippen LogP contribution in [-0.4, -0.2) is 23.1 Å². The van der Waals surface area contributed by atoms with Crippen molar-refractivity contribution >= 4 is 18.0 Å². The molecule has 2 N–H and O–H groups in total. The van der Waals surface area contributed by atoms with Gasteiger partial charge in [0.25, 0.3) is 5.91 Å². The Labute approximate surface area is 158 Å². The predicted octanol–water partition coefficient (Wildman–Crippen LogP) is 4.25. The van der Waals surface area contributed by atoms with Gasteiger partial charge in [0, 0.05) is 5.56 Å². The molecule has 1 saturated carbocycles. The van der Waals surface area contributed by atoms with Crippen LogP contribution in [0.25, 0.3) is 6.08 Å². The maximum atomic E-state index is 12.2. The Morgan fingerprint density at radius 3 is 2.26 bits per heavy atom. The predicted molar refractivity (Wildman–Crippen MR) is 103 cm³/mol. The smallest absolute Gasteiger partial charge is 0.352 e. The third-order valence-corrected chi connectivity index (χ3v) is 4.56. The number of carbonyl (C=O) groups is 2. The van der Waals surface area contributed by atoms with E-state index in [-0.39, 0.29) is 11.8 Å². The Morgan fingerprint density at radius 2 is 1.63 bits per heavy atom. The number of hydrogen-bond acceptors (Lipinski definition) is 3. The van der Waals surface area contributed by atoms with Gasteiger partial charge in [-0.3, -0.25) is 4.79 Å². The van der Waals surface area contributed by atoms with Crippen molar-refractivity contribution in [1.82, 2.24) is 5.32 Å². The Bertz CT molecular complexity index is 806. The number of nitrogens with one attached hydrogen (secondary N) is 1. The summed E-state index contributed by atoms with van der Waals surface area (Å²) in [6.07, 6.45) is 7.54. The van der Waals surface area contributed by atoms with Crippen molar-refractivity contribution in [2.24, 2.45) is 0 Å². The summed E-state index contributed by atoms with van der Waals surface area (Å²) in [6.45, 7) is 0. The van der Waals surface area contributed by atoms with Gasteiger partial charge in [-0.05, 0) is 61.6 Å². The Morgan fingerprint density at radius 1 is 0.963 bits per heavy atom. The summed E-state index contributed by atoms with van der Waals surface area (Å²) in [7, 11) is 0. The van der Waals surface area contributed by atoms with Crippen molar-refractivity contribution in [3.8, 4) is 5.75 Å². The van der Waals surface area contributed by atoms with Gasteiger partial charge < -0.3 is 15.2 Å². The minimum absolute atomic E-state index is 0.176. The maximum Gasteiger partial charge on any atom is 0.352 e. The quantitative estimate of drug-likeness (QED) is 0.750. The van der Waals surface area contributed by atoms with Crippen LogP contribution in [0, 0.1) is 0 Å². The van der Waals surface area contributed by atoms with Crippen molar-refractivity contribution in [3.63, 3.8) is 0 Å². The lowest BCUT2D eigenvalue weighted by atomic mass is 9.98. The van der Waals surface area contributed by atoms with E-state index in [9.17, 15) is 14.7 Å². The molecule has 0 heterocycles. The van der Waals surface area contributed by atoms with Gasteiger partial charge in [0.05, 0.1) is 6.10 Å². The molecule has 1 aliphatic rings. The second kappa shape index (κ2) is 9.03. The normalized spacial score (nSPS) is 15.2. The maximum absolute atomic E-state index is 12.2. The fourth-order valence-corrected chi connectivity index (χ4v) is 3.12. The van der Waals surface area contributed by atoms with E-state index in [0.717, 1.165) is 18.6 Å². The van der Waals surface area contributed by atoms with Gasteiger partial charge >= 0.3 is 5.97 Å². The molecule has 1 aliphatic carbocycles. The second-order valence-electron chi connectivity index (χ2n) is 6.63. The summed E-state index contributed by atoms with van der Waals surface area (Å²) in [5.74, 6) is -0.868. The molecule has 140 valence electrons. The second-order valence-corrected chi connectivity index (χ2v) is 6.63. The average Bonchev–Trinajstić information content (AvgIpc) is 2.70. The molecule has 1 fully saturated rings. The van der Waals surface area contributed by atoms with Gasteiger partial charge in [-0.2, -0.15) is 0 Å². The molecule has 0 aromatic heterocycles. The van der Waals surface area contributed by atoms with E-state index < -0.39 is 11.9 Å². The molecule has 0 radical (unpaired) electrons. The highest BCUT2D eigenvalue weighted by molar-refractivity contribution is 6.02. The molecule has 2 aromatic rings. The molecule has 5 heteroatoms. The molecule has 0 atom stereocenters. The number of carbonyl (C=O) groups excluding carboxylic acids is 1. The van der Waals surface area contributed by atoms with Crippen LogP contribution in [0.15, 0.2) is 60.3 Å². The molecule has 0 aliphatic heterocycles. The Balaban J connectivity index is 1.68. The Hall–Kier alpha value is -3.08. The molecule has 27 heavy (non-hydrogen) atoms. The standard InChI is InChI=1S/C22H23NO4/c24-21(17-7-3-1-4-8-17)23-20(22(25)26)15-16-11-13-19(14-12-16)27-18-9-5-2-6-10-18/h1,3-4,7-8,11-15,18H,2,5-6,9-10H2,(H,23,24)(H,25,26)/b20-15-. The van der Waals surface area contributed by atoms with Crippen LogP contribution in [0.4, 0.5) is 0 Å². The van der Waals surface area contributed by atoms with E-state index in [0.29, 0.717) is 11.1 Å². The summed E-state index contributed by atoms with van der Waals surface area (Å²) >= 11 is 0. The molecule has 0 unspecified atom stereocenters. The monoisotopic (exact) mass is 365 g/mol. The zero-order valence-corrected chi connectivity index (χ0v) is 15.1. The average molecular weight is 365 g/mol. The first-order chi connectivity index (χ1) is 13.1. The van der Waals surface area contributed by atoms with Crippen LogP contribution < -0.4 is 10.1 Å². The number of ether oxygens (including phenoxy) is 1. The van der Waals surface area contributed by atoms with E-state index in [4.69, 9.17) is 4.74 Å². The van der Waals surface area contributed by atoms with Gasteiger partial charge in [-0.25, -0.2) is 4.79 Å². The topological polar surface area (TPSA) is 75.6 Å². The van der Waals surface area contributed by atoms with Crippen LogP contribution in [0.2, 0.25) is 0 Å². The van der Waals surface area contributed by atoms with Crippen LogP contribution in [0.1, 0.15) is 48.0 Å². The third-order valence-electron chi connectivity index (χ3n) is 4.56. The van der Waals surface area contributed by atoms with Crippen molar-refractivity contribution in [1.29, 1.82) is 0 Å². The number of carboxylic acid groups (broad SMARTS) is 1. The van der Waals surface area contributed by atoms with Crippen molar-refractivity contribution in [2.45, 2.75) is 38.2 Å². The van der Waals surface area contributed by atoms with E-state index >= 15 is 0 Å². The third kappa shape index (κ3) is 5.45. The first-order valence-corrected chi connectivity index (χ1v) is 9.20. The first-order valence-electron chi connectivity index (χ1n) is 9.20. The number of aliphatic carboxylic acids is 1. The summed E-state index contributed by atoms with van der Waals surface area (Å²) in [4.78, 5) is 23.7. The van der Waals surface area contributed by atoms with Gasteiger partial charge in [0.2, 0.25) is 0 Å². The van der Waals surface area contributed by atoms with Crippen LogP contribution >= 0.6 is 0 Å². The van der Waals surface area contributed by atoms with E-state index in [1.54, 1.807) is 42.5 Å². The largest absolute Gasteiger partial charge is 0.490 e. The Kier molecular flexibility index (Phi) is 6.26. The van der Waals surface area contributed by atoms with Crippen LogP contribution in [-0.2, 0) is 4.79 Å². The van der Waals surface area contributed by atoms with Crippen LogP contribution in [0.5, 0.6) is 5.75 Å². The number of benzene rings is 2. The highest BCUT2D eigenvalue weighted by Crippen LogP contribution is 2.24. The molecule has 5 nitrogen and oxygen atoms in total. The van der Waals surface area contributed by atoms with Crippen LogP contribution in [0.3, 0.4) is 0 Å². The molecule has 1 amide bonds. The summed E-state index contributed by atoms with van der Waals surface area (Å²) in [6, 6.07) is 15.7. The number of hydrogen-bond donors (Lipinski definition) is 2.